The summed E-state index contributed by atoms with van der Waals surface area (Å²) in [5.41, 5.74) is 3.42. The third kappa shape index (κ3) is 2.18. The van der Waals surface area contributed by atoms with Gasteiger partial charge in [-0.2, -0.15) is 0 Å². The van der Waals surface area contributed by atoms with E-state index in [1.165, 1.54) is 6.07 Å². The van der Waals surface area contributed by atoms with Crippen molar-refractivity contribution in [1.29, 1.82) is 0 Å². The molecular weight excluding hydrogens is 255 g/mol. The number of halogens is 1. The molecule has 0 aliphatic heterocycles. The minimum Gasteiger partial charge on any atom is -0.375 e. The molecule has 0 amide bonds. The average Bonchev–Trinajstić information content (AvgIpc) is 2.46. The van der Waals surface area contributed by atoms with Crippen molar-refractivity contribution in [2.24, 2.45) is 0 Å². The average molecular weight is 268 g/mol. The maximum atomic E-state index is 14.0. The Kier molecular flexibility index (Phi) is 3.02. The van der Waals surface area contributed by atoms with E-state index in [0.29, 0.717) is 11.4 Å². The Labute approximate surface area is 115 Å². The molecular formula is C15H13FN4. The number of nitrogens with zero attached hydrogens (tertiary/aromatic N) is 4. The molecule has 2 aromatic heterocycles. The lowest BCUT2D eigenvalue weighted by Crippen LogP contribution is -2.10. The molecule has 0 atom stereocenters. The van der Waals surface area contributed by atoms with Gasteiger partial charge in [-0.25, -0.2) is 4.39 Å². The van der Waals surface area contributed by atoms with E-state index in [4.69, 9.17) is 0 Å². The first kappa shape index (κ1) is 12.5. The van der Waals surface area contributed by atoms with E-state index >= 15 is 0 Å². The lowest BCUT2D eigenvalue weighted by Gasteiger charge is -2.14. The number of pyridine rings is 1. The number of anilines is 1. The fourth-order valence-corrected chi connectivity index (χ4v) is 2.05. The number of rotatable bonds is 2. The second kappa shape index (κ2) is 4.85. The van der Waals surface area contributed by atoms with Crippen LogP contribution in [0.2, 0.25) is 0 Å². The van der Waals surface area contributed by atoms with Crippen molar-refractivity contribution in [2.45, 2.75) is 0 Å². The summed E-state index contributed by atoms with van der Waals surface area (Å²) >= 11 is 0. The van der Waals surface area contributed by atoms with Crippen molar-refractivity contribution in [1.82, 2.24) is 15.0 Å². The van der Waals surface area contributed by atoms with Crippen LogP contribution in [-0.2, 0) is 0 Å². The molecule has 100 valence electrons. The second-order valence-electron chi connectivity index (χ2n) is 4.68. The summed E-state index contributed by atoms with van der Waals surface area (Å²) in [4.78, 5) is 14.4. The van der Waals surface area contributed by atoms with Crippen LogP contribution in [0.1, 0.15) is 0 Å². The first-order valence-corrected chi connectivity index (χ1v) is 6.19. The minimum atomic E-state index is -0.270. The van der Waals surface area contributed by atoms with Crippen LogP contribution in [0.3, 0.4) is 0 Å². The smallest absolute Gasteiger partial charge is 0.147 e. The van der Waals surface area contributed by atoms with E-state index in [1.807, 2.05) is 26.2 Å². The van der Waals surface area contributed by atoms with Gasteiger partial charge in [-0.15, -0.1) is 0 Å². The number of hydrogen-bond donors (Lipinski definition) is 0. The Morgan fingerprint density at radius 1 is 0.950 bits per heavy atom. The van der Waals surface area contributed by atoms with Gasteiger partial charge < -0.3 is 4.90 Å². The van der Waals surface area contributed by atoms with Crippen molar-refractivity contribution in [2.75, 3.05) is 19.0 Å². The van der Waals surface area contributed by atoms with Crippen LogP contribution in [0, 0.1) is 5.82 Å². The Morgan fingerprint density at radius 2 is 1.70 bits per heavy atom. The highest BCUT2D eigenvalue weighted by atomic mass is 19.1. The number of hydrogen-bond acceptors (Lipinski definition) is 4. The molecule has 1 aromatic carbocycles. The number of aromatic nitrogens is 3. The molecule has 0 fully saturated rings. The molecule has 20 heavy (non-hydrogen) atoms. The molecule has 5 heteroatoms. The standard InChI is InChI=1S/C15H13FN4/c1-20(2)15-4-3-10(7-11(15)16)12-8-13-14(9-19-12)18-6-5-17-13/h3-9H,1-2H3. The van der Waals surface area contributed by atoms with Crippen LogP contribution in [0.4, 0.5) is 10.1 Å². The molecule has 0 saturated carbocycles. The molecule has 3 rings (SSSR count). The highest BCUT2D eigenvalue weighted by molar-refractivity contribution is 5.78. The maximum Gasteiger partial charge on any atom is 0.147 e. The third-order valence-electron chi connectivity index (χ3n) is 3.08. The van der Waals surface area contributed by atoms with E-state index < -0.39 is 0 Å². The van der Waals surface area contributed by atoms with E-state index in [0.717, 1.165) is 16.6 Å². The van der Waals surface area contributed by atoms with Crippen LogP contribution in [0.25, 0.3) is 22.3 Å². The monoisotopic (exact) mass is 268 g/mol. The fraction of sp³-hybridized carbons (Fsp3) is 0.133. The Bertz CT molecular complexity index is 771. The van der Waals surface area contributed by atoms with Crippen molar-refractivity contribution in [3.63, 3.8) is 0 Å². The summed E-state index contributed by atoms with van der Waals surface area (Å²) in [7, 11) is 3.61. The lowest BCUT2D eigenvalue weighted by atomic mass is 10.1. The van der Waals surface area contributed by atoms with E-state index in [2.05, 4.69) is 15.0 Å². The zero-order chi connectivity index (χ0) is 14.1. The van der Waals surface area contributed by atoms with Crippen molar-refractivity contribution < 1.29 is 4.39 Å². The summed E-state index contributed by atoms with van der Waals surface area (Å²) in [6.07, 6.45) is 4.90. The van der Waals surface area contributed by atoms with Gasteiger partial charge in [-0.1, -0.05) is 6.07 Å². The van der Waals surface area contributed by atoms with Crippen LogP contribution in [0.15, 0.2) is 42.9 Å². The largest absolute Gasteiger partial charge is 0.375 e. The molecule has 0 aliphatic carbocycles. The van der Waals surface area contributed by atoms with Gasteiger partial charge in [-0.3, -0.25) is 15.0 Å². The summed E-state index contributed by atoms with van der Waals surface area (Å²) < 4.78 is 14.0. The zero-order valence-electron chi connectivity index (χ0n) is 11.2. The molecule has 0 unspecified atom stereocenters. The SMILES string of the molecule is CN(C)c1ccc(-c2cc3nccnc3cn2)cc1F. The molecule has 2 heterocycles. The predicted octanol–water partition coefficient (Wildman–Crippen LogP) is 2.90. The van der Waals surface area contributed by atoms with Gasteiger partial charge in [0.1, 0.15) is 11.3 Å². The third-order valence-corrected chi connectivity index (χ3v) is 3.08. The Hall–Kier alpha value is -2.56. The molecule has 0 bridgehead atoms. The number of fused-ring (bicyclic) bond motifs is 1. The predicted molar refractivity (Wildman–Crippen MR) is 77.1 cm³/mol. The van der Waals surface area contributed by atoms with Gasteiger partial charge in [0, 0.05) is 32.1 Å². The van der Waals surface area contributed by atoms with Crippen LogP contribution in [-0.4, -0.2) is 29.0 Å². The van der Waals surface area contributed by atoms with Gasteiger partial charge in [0.15, 0.2) is 0 Å². The lowest BCUT2D eigenvalue weighted by molar-refractivity contribution is 0.626. The van der Waals surface area contributed by atoms with Crippen LogP contribution >= 0.6 is 0 Å². The summed E-state index contributed by atoms with van der Waals surface area (Å²) in [5.74, 6) is -0.270. The molecule has 0 N–H and O–H groups in total. The van der Waals surface area contributed by atoms with Gasteiger partial charge in [0.2, 0.25) is 0 Å². The zero-order valence-corrected chi connectivity index (χ0v) is 11.2. The summed E-state index contributed by atoms with van der Waals surface area (Å²) in [5, 5.41) is 0. The molecule has 4 nitrogen and oxygen atoms in total. The normalized spacial score (nSPS) is 10.8. The first-order chi connectivity index (χ1) is 9.65. The number of benzene rings is 1. The topological polar surface area (TPSA) is 41.9 Å². The summed E-state index contributed by atoms with van der Waals surface area (Å²) in [6.45, 7) is 0. The fourth-order valence-electron chi connectivity index (χ4n) is 2.05. The van der Waals surface area contributed by atoms with Gasteiger partial charge in [-0.05, 0) is 18.2 Å². The van der Waals surface area contributed by atoms with Gasteiger partial charge in [0.05, 0.1) is 23.1 Å². The summed E-state index contributed by atoms with van der Waals surface area (Å²) in [6, 6.07) is 6.89. The van der Waals surface area contributed by atoms with E-state index in [-0.39, 0.29) is 5.82 Å². The van der Waals surface area contributed by atoms with Crippen molar-refractivity contribution >= 4 is 16.7 Å². The van der Waals surface area contributed by atoms with Crippen molar-refractivity contribution in [3.05, 3.63) is 48.7 Å². The van der Waals surface area contributed by atoms with Crippen LogP contribution < -0.4 is 4.90 Å². The van der Waals surface area contributed by atoms with Crippen molar-refractivity contribution in [3.8, 4) is 11.3 Å². The first-order valence-electron chi connectivity index (χ1n) is 6.19. The molecule has 3 aromatic rings. The van der Waals surface area contributed by atoms with E-state index in [9.17, 15) is 4.39 Å². The molecule has 0 aliphatic rings. The molecule has 0 saturated heterocycles. The highest BCUT2D eigenvalue weighted by Gasteiger charge is 2.08. The highest BCUT2D eigenvalue weighted by Crippen LogP contribution is 2.25. The quantitative estimate of drug-likeness (QED) is 0.716. The maximum absolute atomic E-state index is 14.0. The Balaban J connectivity index is 2.08. The second-order valence-corrected chi connectivity index (χ2v) is 4.68. The Morgan fingerprint density at radius 3 is 2.40 bits per heavy atom. The van der Waals surface area contributed by atoms with Gasteiger partial charge >= 0.3 is 0 Å². The minimum absolute atomic E-state index is 0.270. The molecule has 0 spiro atoms. The molecule has 0 radical (unpaired) electrons. The van der Waals surface area contributed by atoms with E-state index in [1.54, 1.807) is 29.6 Å². The van der Waals surface area contributed by atoms with Gasteiger partial charge in [0.25, 0.3) is 0 Å². The van der Waals surface area contributed by atoms with Crippen LogP contribution in [0.5, 0.6) is 0 Å².